The zero-order valence-electron chi connectivity index (χ0n) is 16.0. The first-order chi connectivity index (χ1) is 12.8. The number of ether oxygens (including phenoxy) is 1. The number of rotatable bonds is 13. The van der Waals surface area contributed by atoms with Crippen molar-refractivity contribution in [3.8, 4) is 5.75 Å². The second-order valence-electron chi connectivity index (χ2n) is 6.83. The van der Waals surface area contributed by atoms with Crippen LogP contribution in [0.1, 0.15) is 70.4 Å². The molecule has 2 rings (SSSR count). The number of hydrogen-bond acceptors (Lipinski definition) is 3. The van der Waals surface area contributed by atoms with Crippen molar-refractivity contribution in [3.63, 3.8) is 0 Å². The molecular weight excluding hydrogens is 329 g/mol. The van der Waals surface area contributed by atoms with Gasteiger partial charge < -0.3 is 9.84 Å². The molecule has 144 valence electrons. The number of halogens is 1. The maximum absolute atomic E-state index is 14.0. The highest BCUT2D eigenvalue weighted by atomic mass is 19.1. The maximum Gasteiger partial charge on any atom is 0.145 e. The summed E-state index contributed by atoms with van der Waals surface area (Å²) in [5.74, 6) is 0.411. The molecule has 1 N–H and O–H groups in total. The van der Waals surface area contributed by atoms with Gasteiger partial charge in [-0.15, -0.1) is 0 Å². The van der Waals surface area contributed by atoms with E-state index in [1.54, 1.807) is 6.07 Å². The van der Waals surface area contributed by atoms with Gasteiger partial charge in [-0.1, -0.05) is 44.9 Å². The number of aryl methyl sites for hydroxylation is 1. The van der Waals surface area contributed by atoms with Crippen LogP contribution in [0.3, 0.4) is 0 Å². The molecule has 0 atom stereocenters. The Bertz CT molecular complexity index is 660. The van der Waals surface area contributed by atoms with Crippen LogP contribution >= 0.6 is 0 Å². The van der Waals surface area contributed by atoms with Crippen LogP contribution < -0.4 is 4.74 Å². The van der Waals surface area contributed by atoms with Gasteiger partial charge in [0.15, 0.2) is 0 Å². The van der Waals surface area contributed by atoms with Gasteiger partial charge in [-0.05, 0) is 50.5 Å². The summed E-state index contributed by atoms with van der Waals surface area (Å²) in [6, 6.07) is 6.86. The van der Waals surface area contributed by atoms with Crippen molar-refractivity contribution >= 4 is 10.9 Å². The van der Waals surface area contributed by atoms with Gasteiger partial charge in [-0.3, -0.25) is 0 Å². The third-order valence-corrected chi connectivity index (χ3v) is 4.72. The SMILES string of the molecule is CCOc1ccc(F)c2ccc(CCCCCCCCCCCO)nc12. The highest BCUT2D eigenvalue weighted by molar-refractivity contribution is 5.85. The summed E-state index contributed by atoms with van der Waals surface area (Å²) in [6.07, 6.45) is 11.7. The molecule has 1 aromatic carbocycles. The minimum atomic E-state index is -0.249. The summed E-state index contributed by atoms with van der Waals surface area (Å²) >= 11 is 0. The summed E-state index contributed by atoms with van der Waals surface area (Å²) < 4.78 is 19.5. The highest BCUT2D eigenvalue weighted by Crippen LogP contribution is 2.27. The van der Waals surface area contributed by atoms with Gasteiger partial charge in [0.25, 0.3) is 0 Å². The van der Waals surface area contributed by atoms with Crippen molar-refractivity contribution in [2.24, 2.45) is 0 Å². The molecule has 0 aliphatic rings. The molecule has 1 aromatic heterocycles. The number of fused-ring (bicyclic) bond motifs is 1. The fraction of sp³-hybridized carbons (Fsp3) is 0.591. The molecule has 0 spiro atoms. The Kier molecular flexibility index (Phi) is 9.40. The third-order valence-electron chi connectivity index (χ3n) is 4.72. The molecule has 4 heteroatoms. The topological polar surface area (TPSA) is 42.4 Å². The largest absolute Gasteiger partial charge is 0.492 e. The first-order valence-electron chi connectivity index (χ1n) is 10.1. The summed E-state index contributed by atoms with van der Waals surface area (Å²) in [5, 5.41) is 9.27. The molecule has 0 radical (unpaired) electrons. The lowest BCUT2D eigenvalue weighted by molar-refractivity contribution is 0.282. The highest BCUT2D eigenvalue weighted by Gasteiger charge is 2.09. The van der Waals surface area contributed by atoms with E-state index in [4.69, 9.17) is 9.84 Å². The van der Waals surface area contributed by atoms with E-state index in [0.29, 0.717) is 29.9 Å². The summed E-state index contributed by atoms with van der Waals surface area (Å²) in [7, 11) is 0. The Labute approximate surface area is 156 Å². The number of aliphatic hydroxyl groups is 1. The molecule has 0 bridgehead atoms. The number of benzene rings is 1. The van der Waals surface area contributed by atoms with Gasteiger partial charge in [0.05, 0.1) is 6.61 Å². The van der Waals surface area contributed by atoms with Gasteiger partial charge in [0, 0.05) is 17.7 Å². The minimum absolute atomic E-state index is 0.249. The van der Waals surface area contributed by atoms with E-state index in [0.717, 1.165) is 31.4 Å². The molecule has 0 unspecified atom stereocenters. The van der Waals surface area contributed by atoms with E-state index in [-0.39, 0.29) is 5.82 Å². The van der Waals surface area contributed by atoms with Gasteiger partial charge in [0.1, 0.15) is 17.1 Å². The standard InChI is InChI=1S/C22H32FNO2/c1-2-26-21-16-15-20(23)19-14-13-18(24-22(19)21)12-10-8-6-4-3-5-7-9-11-17-25/h13-16,25H,2-12,17H2,1H3. The van der Waals surface area contributed by atoms with Gasteiger partial charge in [0.2, 0.25) is 0 Å². The smallest absolute Gasteiger partial charge is 0.145 e. The predicted octanol–water partition coefficient (Wildman–Crippen LogP) is 5.82. The third kappa shape index (κ3) is 6.56. The summed E-state index contributed by atoms with van der Waals surface area (Å²) in [5.41, 5.74) is 1.64. The zero-order chi connectivity index (χ0) is 18.6. The first kappa shape index (κ1) is 20.6. The van der Waals surface area contributed by atoms with E-state index < -0.39 is 0 Å². The minimum Gasteiger partial charge on any atom is -0.492 e. The molecule has 0 saturated carbocycles. The van der Waals surface area contributed by atoms with Crippen LogP contribution in [0.2, 0.25) is 0 Å². The number of unbranched alkanes of at least 4 members (excludes halogenated alkanes) is 8. The second-order valence-corrected chi connectivity index (χ2v) is 6.83. The van der Waals surface area contributed by atoms with E-state index >= 15 is 0 Å². The lowest BCUT2D eigenvalue weighted by atomic mass is 10.1. The first-order valence-corrected chi connectivity index (χ1v) is 10.1. The zero-order valence-corrected chi connectivity index (χ0v) is 16.0. The van der Waals surface area contributed by atoms with Crippen molar-refractivity contribution in [3.05, 3.63) is 35.8 Å². The molecule has 3 nitrogen and oxygen atoms in total. The average molecular weight is 362 g/mol. The molecule has 0 aliphatic heterocycles. The van der Waals surface area contributed by atoms with Crippen LogP contribution in [0, 0.1) is 5.82 Å². The lowest BCUT2D eigenvalue weighted by Crippen LogP contribution is -1.98. The maximum atomic E-state index is 14.0. The van der Waals surface area contributed by atoms with E-state index in [9.17, 15) is 4.39 Å². The number of pyridine rings is 1. The molecule has 1 heterocycles. The molecule has 2 aromatic rings. The van der Waals surface area contributed by atoms with Crippen molar-refractivity contribution < 1.29 is 14.2 Å². The fourth-order valence-corrected chi connectivity index (χ4v) is 3.26. The van der Waals surface area contributed by atoms with Crippen LogP contribution in [0.15, 0.2) is 24.3 Å². The Morgan fingerprint density at radius 2 is 1.54 bits per heavy atom. The van der Waals surface area contributed by atoms with Crippen molar-refractivity contribution in [2.45, 2.75) is 71.1 Å². The van der Waals surface area contributed by atoms with Crippen molar-refractivity contribution in [2.75, 3.05) is 13.2 Å². The number of hydrogen-bond donors (Lipinski definition) is 1. The van der Waals surface area contributed by atoms with Crippen LogP contribution in [0.4, 0.5) is 4.39 Å². The fourth-order valence-electron chi connectivity index (χ4n) is 3.26. The van der Waals surface area contributed by atoms with E-state index in [1.165, 1.54) is 44.6 Å². The number of aromatic nitrogens is 1. The second kappa shape index (κ2) is 11.8. The average Bonchev–Trinajstić information content (AvgIpc) is 2.66. The van der Waals surface area contributed by atoms with Crippen LogP contribution in [-0.4, -0.2) is 23.3 Å². The summed E-state index contributed by atoms with van der Waals surface area (Å²) in [6.45, 7) is 2.79. The Balaban J connectivity index is 1.74. The molecule has 26 heavy (non-hydrogen) atoms. The normalized spacial score (nSPS) is 11.2. The van der Waals surface area contributed by atoms with Crippen molar-refractivity contribution in [1.82, 2.24) is 4.98 Å². The predicted molar refractivity (Wildman–Crippen MR) is 105 cm³/mol. The van der Waals surface area contributed by atoms with Crippen LogP contribution in [0.25, 0.3) is 10.9 Å². The lowest BCUT2D eigenvalue weighted by Gasteiger charge is -2.09. The summed E-state index contributed by atoms with van der Waals surface area (Å²) in [4.78, 5) is 4.64. The van der Waals surface area contributed by atoms with Crippen LogP contribution in [-0.2, 0) is 6.42 Å². The van der Waals surface area contributed by atoms with E-state index in [1.807, 2.05) is 19.1 Å². The van der Waals surface area contributed by atoms with Crippen molar-refractivity contribution in [1.29, 1.82) is 0 Å². The van der Waals surface area contributed by atoms with E-state index in [2.05, 4.69) is 4.98 Å². The molecule has 0 aliphatic carbocycles. The van der Waals surface area contributed by atoms with Gasteiger partial charge in [-0.25, -0.2) is 9.37 Å². The molecular formula is C22H32FNO2. The number of aliphatic hydroxyl groups excluding tert-OH is 1. The molecule has 0 fully saturated rings. The Hall–Kier alpha value is -1.68. The quantitative estimate of drug-likeness (QED) is 0.457. The van der Waals surface area contributed by atoms with Gasteiger partial charge >= 0.3 is 0 Å². The van der Waals surface area contributed by atoms with Crippen LogP contribution in [0.5, 0.6) is 5.75 Å². The molecule has 0 amide bonds. The monoisotopic (exact) mass is 361 g/mol. The van der Waals surface area contributed by atoms with Gasteiger partial charge in [-0.2, -0.15) is 0 Å². The number of nitrogens with zero attached hydrogens (tertiary/aromatic N) is 1. The Morgan fingerprint density at radius 3 is 2.19 bits per heavy atom. The molecule has 0 saturated heterocycles. The Morgan fingerprint density at radius 1 is 0.885 bits per heavy atom.